The van der Waals surface area contributed by atoms with E-state index in [1.165, 1.54) is 0 Å². The van der Waals surface area contributed by atoms with Crippen LogP contribution < -0.4 is 5.32 Å². The van der Waals surface area contributed by atoms with E-state index in [0.29, 0.717) is 13.2 Å². The van der Waals surface area contributed by atoms with Gasteiger partial charge in [0.2, 0.25) is 0 Å². The van der Waals surface area contributed by atoms with Gasteiger partial charge in [0.25, 0.3) is 5.69 Å². The third kappa shape index (κ3) is 3.43. The molecule has 1 aromatic carbocycles. The number of rotatable bonds is 5. The highest BCUT2D eigenvalue weighted by atomic mass is 35.5. The number of hydrogen-bond donors (Lipinski definition) is 2. The lowest BCUT2D eigenvalue weighted by atomic mass is 10.0. The number of nitrogens with one attached hydrogen (secondary N) is 1. The van der Waals surface area contributed by atoms with Crippen LogP contribution in [0, 0.1) is 16.0 Å². The lowest BCUT2D eigenvalue weighted by Gasteiger charge is -2.17. The SMILES string of the molecule is CC1OCCC1CNc1c(Cl)cc([N+](=O)[O-])cc1C(=O)O. The molecule has 2 N–H and O–H groups in total. The number of ether oxygens (including phenoxy) is 1. The summed E-state index contributed by atoms with van der Waals surface area (Å²) in [6.07, 6.45) is 0.962. The molecule has 1 saturated heterocycles. The average Bonchev–Trinajstić information content (AvgIpc) is 2.81. The molecular weight excluding hydrogens is 300 g/mol. The predicted octanol–water partition coefficient (Wildman–Crippen LogP) is 2.78. The molecule has 7 nitrogen and oxygen atoms in total. The molecule has 1 aromatic rings. The molecule has 114 valence electrons. The van der Waals surface area contributed by atoms with Gasteiger partial charge >= 0.3 is 5.97 Å². The van der Waals surface area contributed by atoms with Gasteiger partial charge in [-0.05, 0) is 13.3 Å². The summed E-state index contributed by atoms with van der Waals surface area (Å²) in [4.78, 5) is 21.4. The van der Waals surface area contributed by atoms with Crippen LogP contribution in [0.4, 0.5) is 11.4 Å². The van der Waals surface area contributed by atoms with E-state index in [9.17, 15) is 20.0 Å². The minimum atomic E-state index is -1.26. The number of carboxylic acid groups (broad SMARTS) is 1. The van der Waals surface area contributed by atoms with Crippen molar-refractivity contribution in [1.29, 1.82) is 0 Å². The van der Waals surface area contributed by atoms with Crippen molar-refractivity contribution in [3.63, 3.8) is 0 Å². The number of halogens is 1. The van der Waals surface area contributed by atoms with Gasteiger partial charge in [0.1, 0.15) is 0 Å². The highest BCUT2D eigenvalue weighted by Crippen LogP contribution is 2.32. The normalized spacial score (nSPS) is 21.2. The smallest absolute Gasteiger partial charge is 0.338 e. The Bertz CT molecular complexity index is 578. The monoisotopic (exact) mass is 314 g/mol. The van der Waals surface area contributed by atoms with E-state index in [1.54, 1.807) is 0 Å². The van der Waals surface area contributed by atoms with Crippen molar-refractivity contribution in [3.8, 4) is 0 Å². The van der Waals surface area contributed by atoms with Crippen LogP contribution >= 0.6 is 11.6 Å². The summed E-state index contributed by atoms with van der Waals surface area (Å²) in [5.74, 6) is -1.02. The van der Waals surface area contributed by atoms with E-state index < -0.39 is 10.9 Å². The third-order valence-electron chi connectivity index (χ3n) is 3.59. The summed E-state index contributed by atoms with van der Waals surface area (Å²) in [5.41, 5.74) is -0.352. The Hall–Kier alpha value is -1.86. The molecule has 1 heterocycles. The number of nitrogens with zero attached hydrogens (tertiary/aromatic N) is 1. The Balaban J connectivity index is 2.25. The summed E-state index contributed by atoms with van der Waals surface area (Å²) in [6, 6.07) is 2.15. The molecule has 1 aliphatic heterocycles. The van der Waals surface area contributed by atoms with Crippen LogP contribution in [-0.4, -0.2) is 35.3 Å². The fraction of sp³-hybridized carbons (Fsp3) is 0.462. The molecule has 0 bridgehead atoms. The number of hydrogen-bond acceptors (Lipinski definition) is 5. The molecule has 2 unspecified atom stereocenters. The Morgan fingerprint density at radius 2 is 2.33 bits per heavy atom. The number of nitro groups is 1. The van der Waals surface area contributed by atoms with Gasteiger partial charge in [-0.25, -0.2) is 4.79 Å². The molecule has 0 radical (unpaired) electrons. The summed E-state index contributed by atoms with van der Waals surface area (Å²) < 4.78 is 5.43. The van der Waals surface area contributed by atoms with E-state index >= 15 is 0 Å². The summed E-state index contributed by atoms with van der Waals surface area (Å²) in [6.45, 7) is 3.13. The van der Waals surface area contributed by atoms with Crippen molar-refractivity contribution in [2.24, 2.45) is 5.92 Å². The zero-order chi connectivity index (χ0) is 15.6. The molecule has 0 aliphatic carbocycles. The number of anilines is 1. The second kappa shape index (κ2) is 6.28. The van der Waals surface area contributed by atoms with Gasteiger partial charge in [0.15, 0.2) is 0 Å². The third-order valence-corrected chi connectivity index (χ3v) is 3.89. The van der Waals surface area contributed by atoms with Crippen molar-refractivity contribution in [1.82, 2.24) is 0 Å². The van der Waals surface area contributed by atoms with Crippen LogP contribution in [0.5, 0.6) is 0 Å². The Morgan fingerprint density at radius 3 is 2.86 bits per heavy atom. The fourth-order valence-electron chi connectivity index (χ4n) is 2.32. The highest BCUT2D eigenvalue weighted by Gasteiger charge is 2.26. The van der Waals surface area contributed by atoms with Crippen LogP contribution in [0.15, 0.2) is 12.1 Å². The first kappa shape index (κ1) is 15.5. The van der Waals surface area contributed by atoms with Crippen molar-refractivity contribution < 1.29 is 19.6 Å². The van der Waals surface area contributed by atoms with Gasteiger partial charge in [-0.2, -0.15) is 0 Å². The molecule has 0 saturated carbocycles. The van der Waals surface area contributed by atoms with Gasteiger partial charge < -0.3 is 15.2 Å². The van der Waals surface area contributed by atoms with E-state index in [0.717, 1.165) is 18.6 Å². The zero-order valence-corrected chi connectivity index (χ0v) is 12.1. The largest absolute Gasteiger partial charge is 0.478 e. The number of benzene rings is 1. The van der Waals surface area contributed by atoms with Gasteiger partial charge in [-0.3, -0.25) is 10.1 Å². The van der Waals surface area contributed by atoms with Crippen molar-refractivity contribution in [3.05, 3.63) is 32.8 Å². The number of carbonyl (C=O) groups is 1. The van der Waals surface area contributed by atoms with Crippen LogP contribution in [0.25, 0.3) is 0 Å². The fourth-order valence-corrected chi connectivity index (χ4v) is 2.60. The zero-order valence-electron chi connectivity index (χ0n) is 11.3. The molecule has 8 heteroatoms. The molecule has 1 aliphatic rings. The standard InChI is InChI=1S/C13H15ClN2O5/c1-7-8(2-3-21-7)6-15-12-10(13(17)18)4-9(16(19)20)5-11(12)14/h4-5,7-8,15H,2-3,6H2,1H3,(H,17,18). The molecule has 2 atom stereocenters. The first-order valence-electron chi connectivity index (χ1n) is 6.47. The van der Waals surface area contributed by atoms with E-state index in [2.05, 4.69) is 5.32 Å². The Kier molecular flexibility index (Phi) is 4.64. The Labute approximate surface area is 126 Å². The maximum atomic E-state index is 11.3. The predicted molar refractivity (Wildman–Crippen MR) is 77.1 cm³/mol. The molecule has 0 amide bonds. The van der Waals surface area contributed by atoms with E-state index in [1.807, 2.05) is 6.92 Å². The van der Waals surface area contributed by atoms with E-state index in [-0.39, 0.29) is 34.0 Å². The first-order valence-corrected chi connectivity index (χ1v) is 6.84. The van der Waals surface area contributed by atoms with Gasteiger partial charge in [0, 0.05) is 31.2 Å². The molecule has 1 fully saturated rings. The van der Waals surface area contributed by atoms with Crippen LogP contribution in [0.2, 0.25) is 5.02 Å². The highest BCUT2D eigenvalue weighted by molar-refractivity contribution is 6.34. The van der Waals surface area contributed by atoms with Crippen LogP contribution in [0.1, 0.15) is 23.7 Å². The molecule has 0 spiro atoms. The Morgan fingerprint density at radius 1 is 1.62 bits per heavy atom. The van der Waals surface area contributed by atoms with Crippen molar-refractivity contribution >= 4 is 28.9 Å². The molecular formula is C13H15ClN2O5. The summed E-state index contributed by atoms with van der Waals surface area (Å²) in [7, 11) is 0. The summed E-state index contributed by atoms with van der Waals surface area (Å²) >= 11 is 5.98. The van der Waals surface area contributed by atoms with Crippen molar-refractivity contribution in [2.75, 3.05) is 18.5 Å². The van der Waals surface area contributed by atoms with Gasteiger partial charge in [0.05, 0.1) is 27.3 Å². The number of carboxylic acids is 1. The first-order chi connectivity index (χ1) is 9.90. The summed E-state index contributed by atoms with van der Waals surface area (Å²) in [5, 5.41) is 23.0. The maximum Gasteiger partial charge on any atom is 0.338 e. The number of nitro benzene ring substituents is 1. The lowest BCUT2D eigenvalue weighted by molar-refractivity contribution is -0.384. The second-order valence-electron chi connectivity index (χ2n) is 4.92. The van der Waals surface area contributed by atoms with Gasteiger partial charge in [-0.1, -0.05) is 11.6 Å². The topological polar surface area (TPSA) is 102 Å². The minimum absolute atomic E-state index is 0.0215. The van der Waals surface area contributed by atoms with E-state index in [4.69, 9.17) is 16.3 Å². The lowest BCUT2D eigenvalue weighted by Crippen LogP contribution is -2.21. The molecule has 2 rings (SSSR count). The van der Waals surface area contributed by atoms with Crippen molar-refractivity contribution in [2.45, 2.75) is 19.4 Å². The maximum absolute atomic E-state index is 11.3. The number of aromatic carboxylic acids is 1. The second-order valence-corrected chi connectivity index (χ2v) is 5.33. The van der Waals surface area contributed by atoms with Crippen LogP contribution in [0.3, 0.4) is 0 Å². The van der Waals surface area contributed by atoms with Gasteiger partial charge in [-0.15, -0.1) is 0 Å². The molecule has 21 heavy (non-hydrogen) atoms. The van der Waals surface area contributed by atoms with Crippen LogP contribution in [-0.2, 0) is 4.74 Å². The number of non-ortho nitro benzene ring substituents is 1. The minimum Gasteiger partial charge on any atom is -0.478 e. The quantitative estimate of drug-likeness (QED) is 0.640. The average molecular weight is 315 g/mol. The molecule has 0 aromatic heterocycles.